The summed E-state index contributed by atoms with van der Waals surface area (Å²) in [6, 6.07) is 0. The Morgan fingerprint density at radius 2 is 0.0426 bits per heavy atom. The van der Waals surface area contributed by atoms with Gasteiger partial charge in [0.05, 0.1) is 0 Å². The van der Waals surface area contributed by atoms with E-state index in [1.54, 1.807) is 0 Å². The van der Waals surface area contributed by atoms with E-state index in [0.29, 0.717) is 0 Å². The zero-order chi connectivity index (χ0) is 0. The van der Waals surface area contributed by atoms with E-state index < -0.39 is 0 Å². The molecule has 0 unspecified atom stereocenters. The second-order valence-electron chi connectivity index (χ2n) is 0. The third-order valence-electron chi connectivity index (χ3n) is 0. The lowest BCUT2D eigenvalue weighted by molar-refractivity contribution is 2.13. The van der Waals surface area contributed by atoms with Crippen LogP contribution < -0.4 is 36.9 Å². The van der Waals surface area contributed by atoms with Crippen LogP contribution in [-0.2, 0) is 0 Å². The van der Waals surface area contributed by atoms with Crippen molar-refractivity contribution in [3.63, 3.8) is 0 Å². The molecule has 47 heteroatoms. The number of hydrogen-bond acceptors (Lipinski definition) is 6. The summed E-state index contributed by atoms with van der Waals surface area (Å²) in [4.78, 5) is 0. The molecular formula is H141Al41N6. The Bertz CT molecular complexity index is 25.9. The molecule has 18 N–H and O–H groups in total. The lowest BCUT2D eigenvalue weighted by atomic mass is 14.0. The Labute approximate surface area is 730 Å². The van der Waals surface area contributed by atoms with Gasteiger partial charge in [0.15, 0.2) is 712 Å². The number of rotatable bonds is 0. The molecule has 0 aromatic carbocycles. The Morgan fingerprint density at radius 1 is 0.0426 bits per heavy atom. The first kappa shape index (κ1) is 672. The zero-order valence-corrected chi connectivity index (χ0v) is 4.24. The van der Waals surface area contributed by atoms with Crippen LogP contribution >= 0.6 is 0 Å². The summed E-state index contributed by atoms with van der Waals surface area (Å²) in [6.07, 6.45) is 0. The SMILES string of the molecule is N.N.N.N.N.N.[AlH3].[AlH3].[AlH3].[AlH3].[AlH3].[AlH3].[AlH3].[AlH3].[AlH3].[AlH3].[AlH3].[AlH3].[AlH3].[AlH3].[AlH3].[AlH3].[AlH3].[AlH3].[AlH3].[AlH3].[AlH3].[AlH3].[AlH3].[AlH3].[AlH3].[AlH3].[AlH3].[AlH3].[AlH3].[AlH3].[AlH3].[AlH3].[AlH3].[AlH3].[AlH3].[AlH3].[AlH3].[AlH3].[AlH3].[AlH3].[AlH3]. The molecule has 0 spiro atoms. The molecule has 0 fully saturated rings. The predicted molar refractivity (Wildman–Crippen MR) is 438 cm³/mol. The molecule has 294 valence electrons. The second-order valence-corrected chi connectivity index (χ2v) is 0. The molecule has 0 radical (unpaired) electrons. The van der Waals surface area contributed by atoms with Crippen LogP contribution in [0.5, 0.6) is 0 Å². The maximum Gasteiger partial charge on any atom is 0.187 e. The van der Waals surface area contributed by atoms with Crippen LogP contribution in [0.1, 0.15) is 0 Å². The minimum absolute atomic E-state index is 0. The van der Waals surface area contributed by atoms with Crippen LogP contribution in [0.3, 0.4) is 0 Å². The third-order valence-corrected chi connectivity index (χ3v) is 0. The normalized spacial score (nSPS) is 0. The van der Waals surface area contributed by atoms with Crippen LogP contribution in [0.15, 0.2) is 0 Å². The Morgan fingerprint density at radius 3 is 0.0426 bits per heavy atom. The molecule has 0 amide bonds. The van der Waals surface area contributed by atoms with Gasteiger partial charge < -0.3 is 36.9 Å². The fourth-order valence-electron chi connectivity index (χ4n) is 0. The van der Waals surface area contributed by atoms with E-state index in [-0.39, 0.29) is 749 Å². The molecule has 6 nitrogen and oxygen atoms in total. The lowest BCUT2D eigenvalue weighted by Crippen LogP contribution is -0.482. The maximum absolute atomic E-state index is 0. The summed E-state index contributed by atoms with van der Waals surface area (Å²) in [7, 11) is 0. The molecule has 0 atom stereocenters. The van der Waals surface area contributed by atoms with E-state index >= 15 is 0 Å². The van der Waals surface area contributed by atoms with E-state index in [9.17, 15) is 0 Å². The van der Waals surface area contributed by atoms with Crippen LogP contribution in [0.4, 0.5) is 0 Å². The summed E-state index contributed by atoms with van der Waals surface area (Å²) in [5, 5.41) is 0. The van der Waals surface area contributed by atoms with E-state index in [2.05, 4.69) is 0 Å². The van der Waals surface area contributed by atoms with Gasteiger partial charge in [0.25, 0.3) is 0 Å². The van der Waals surface area contributed by atoms with E-state index in [0.717, 1.165) is 0 Å². The molecule has 0 rings (SSSR count). The van der Waals surface area contributed by atoms with Gasteiger partial charge in [-0.3, -0.25) is 0 Å². The van der Waals surface area contributed by atoms with Gasteiger partial charge in [-0.2, -0.15) is 0 Å². The van der Waals surface area contributed by atoms with Crippen molar-refractivity contribution in [2.75, 3.05) is 0 Å². The van der Waals surface area contributed by atoms with Crippen LogP contribution in [0, 0.1) is 0 Å². The van der Waals surface area contributed by atoms with Crippen molar-refractivity contribution in [3.05, 3.63) is 0 Å². The average Bonchev–Trinajstić information content (AvgIpc) is 0. The van der Waals surface area contributed by atoms with Gasteiger partial charge in [0, 0.05) is 0 Å². The second kappa shape index (κ2) is 643. The molecule has 0 aliphatic carbocycles. The van der Waals surface area contributed by atoms with Crippen LogP contribution in [0.25, 0.3) is 0 Å². The quantitative estimate of drug-likeness (QED) is 0.130. The van der Waals surface area contributed by atoms with E-state index in [4.69, 9.17) is 0 Å². The highest BCUT2D eigenvalue weighted by Crippen LogP contribution is -0.339. The van der Waals surface area contributed by atoms with Gasteiger partial charge >= 0.3 is 0 Å². The number of hydrogen-bond donors (Lipinski definition) is 6. The first-order valence-electron chi connectivity index (χ1n) is 0. The molecule has 0 aromatic heterocycles. The van der Waals surface area contributed by atoms with Crippen molar-refractivity contribution in [3.8, 4) is 0 Å². The highest BCUT2D eigenvalue weighted by Gasteiger charge is 0.227. The monoisotopic (exact) mass is 1330 g/mol. The van der Waals surface area contributed by atoms with Gasteiger partial charge in [-0.1, -0.05) is 0 Å². The molecule has 0 aromatic rings. The van der Waals surface area contributed by atoms with Crippen molar-refractivity contribution in [1.29, 1.82) is 0 Å². The Balaban J connectivity index is 0. The van der Waals surface area contributed by atoms with E-state index in [1.165, 1.54) is 0 Å². The third kappa shape index (κ3) is 624. The van der Waals surface area contributed by atoms with E-state index in [1.807, 2.05) is 0 Å². The predicted octanol–water partition coefficient (Wildman–Crippen LogP) is -47.6. The van der Waals surface area contributed by atoms with Crippen LogP contribution in [-0.4, -0.2) is 712 Å². The average molecular weight is 1330 g/mol. The van der Waals surface area contributed by atoms with Gasteiger partial charge in [0.1, 0.15) is 0 Å². The minimum Gasteiger partial charge on any atom is -0.344 e. The zero-order valence-electron chi connectivity index (χ0n) is 4.24. The van der Waals surface area contributed by atoms with Gasteiger partial charge in [0.2, 0.25) is 0 Å². The van der Waals surface area contributed by atoms with Gasteiger partial charge in [-0.25, -0.2) is 0 Å². The fraction of sp³-hybridized carbons (Fsp3) is 0. The van der Waals surface area contributed by atoms with Crippen molar-refractivity contribution in [2.24, 2.45) is 0 Å². The first-order valence-corrected chi connectivity index (χ1v) is 0. The molecule has 47 heavy (non-hydrogen) atoms. The Hall–Kier alpha value is 21.6. The molecule has 0 saturated heterocycles. The van der Waals surface area contributed by atoms with Gasteiger partial charge in [-0.15, -0.1) is 0 Å². The minimum atomic E-state index is 0. The molecule has 0 aliphatic heterocycles. The summed E-state index contributed by atoms with van der Waals surface area (Å²) in [5.74, 6) is 0. The largest absolute Gasteiger partial charge is 0.344 e. The highest BCUT2D eigenvalue weighted by atomic mass is 27.0. The van der Waals surface area contributed by atoms with Crippen molar-refractivity contribution in [2.45, 2.75) is 0 Å². The lowest BCUT2D eigenvalue weighted by Gasteiger charge is -0.345. The van der Waals surface area contributed by atoms with Crippen molar-refractivity contribution in [1.82, 2.24) is 36.9 Å². The van der Waals surface area contributed by atoms with Crippen molar-refractivity contribution >= 4 is 712 Å². The summed E-state index contributed by atoms with van der Waals surface area (Å²) in [6.45, 7) is 0. The topological polar surface area (TPSA) is 210 Å². The smallest absolute Gasteiger partial charge is 0.187 e. The van der Waals surface area contributed by atoms with Crippen molar-refractivity contribution < 1.29 is 0 Å². The Kier molecular flexibility index (Phi) is 9200. The maximum atomic E-state index is 0. The van der Waals surface area contributed by atoms with Gasteiger partial charge in [-0.05, 0) is 0 Å². The first-order chi connectivity index (χ1) is 0. The standard InChI is InChI=1S/41Al.6H3N.123H/h;;;;;;;;;;;;;;;;;;;;;;;;;;;;;;;;;;;;;;;;;6*1H3;;;;;;;;;;;;;;;;;;;;;;;;;;;;;;;;;;;;;;;;;;;;;;;;;;;;;;;;;;;;;;;;;;;;;;;;;;;;;;;;;;;;;;;;;;;;;;;;;;;;;;;;;;;;;;;;;;;;;;;;;;;. The molecule has 0 bridgehead atoms. The highest BCUT2D eigenvalue weighted by molar-refractivity contribution is 5.79. The summed E-state index contributed by atoms with van der Waals surface area (Å²) < 4.78 is 0. The summed E-state index contributed by atoms with van der Waals surface area (Å²) in [5.41, 5.74) is 0. The summed E-state index contributed by atoms with van der Waals surface area (Å²) >= 11 is 0. The fourth-order valence-corrected chi connectivity index (χ4v) is 0. The van der Waals surface area contributed by atoms with Crippen LogP contribution in [0.2, 0.25) is 0 Å². The molecular weight excluding hydrogens is 1190 g/mol. The molecule has 0 saturated carbocycles. The molecule has 0 aliphatic rings. The molecule has 0 heterocycles.